The predicted molar refractivity (Wildman–Crippen MR) is 109 cm³/mol. The third-order valence-electron chi connectivity index (χ3n) is 5.48. The van der Waals surface area contributed by atoms with E-state index in [1.165, 1.54) is 0 Å². The van der Waals surface area contributed by atoms with Crippen LogP contribution in [0, 0.1) is 19.8 Å². The van der Waals surface area contributed by atoms with Crippen molar-refractivity contribution < 1.29 is 4.79 Å². The highest BCUT2D eigenvalue weighted by Gasteiger charge is 2.27. The molecule has 1 aromatic carbocycles. The van der Waals surface area contributed by atoms with Crippen molar-refractivity contribution in [2.24, 2.45) is 5.92 Å². The molecule has 146 valence electrons. The molecule has 3 aromatic rings. The number of rotatable bonds is 6. The Labute approximate surface area is 165 Å². The Kier molecular flexibility index (Phi) is 5.28. The van der Waals surface area contributed by atoms with Crippen LogP contribution in [0.1, 0.15) is 24.1 Å². The molecule has 0 spiro atoms. The van der Waals surface area contributed by atoms with Gasteiger partial charge in [-0.2, -0.15) is 5.10 Å². The standard InChI is InChI=1S/C22H27N5O/c1-17-12-24-26(14-17)11-9-21(28)25-10-8-19(15-25)16-27-18(2)13-23-22(27)20-6-4-3-5-7-20/h3-7,12-14,19H,8-11,15-16H2,1-2H3. The SMILES string of the molecule is Cc1cnn(CCC(=O)N2CCC(Cn3c(C)cnc3-c3ccccc3)C2)c1. The number of imidazole rings is 1. The molecule has 0 saturated carbocycles. The minimum absolute atomic E-state index is 0.223. The molecule has 1 saturated heterocycles. The van der Waals surface area contributed by atoms with Crippen molar-refractivity contribution >= 4 is 5.91 Å². The number of carbonyl (C=O) groups excluding carboxylic acids is 1. The average molecular weight is 377 g/mol. The van der Waals surface area contributed by atoms with E-state index in [-0.39, 0.29) is 5.91 Å². The summed E-state index contributed by atoms with van der Waals surface area (Å²) in [7, 11) is 0. The fourth-order valence-corrected chi connectivity index (χ4v) is 3.93. The van der Waals surface area contributed by atoms with E-state index in [1.54, 1.807) is 0 Å². The largest absolute Gasteiger partial charge is 0.342 e. The van der Waals surface area contributed by atoms with Gasteiger partial charge in [-0.3, -0.25) is 9.48 Å². The van der Waals surface area contributed by atoms with E-state index in [1.807, 2.05) is 53.3 Å². The molecule has 3 heterocycles. The third kappa shape index (κ3) is 4.01. The number of benzene rings is 1. The molecular weight excluding hydrogens is 350 g/mol. The summed E-state index contributed by atoms with van der Waals surface area (Å²) in [6, 6.07) is 10.3. The molecule has 2 aromatic heterocycles. The Bertz CT molecular complexity index is 943. The van der Waals surface area contributed by atoms with Gasteiger partial charge in [0.15, 0.2) is 0 Å². The normalized spacial score (nSPS) is 16.6. The quantitative estimate of drug-likeness (QED) is 0.662. The van der Waals surface area contributed by atoms with Crippen LogP contribution >= 0.6 is 0 Å². The lowest BCUT2D eigenvalue weighted by Gasteiger charge is -2.18. The molecule has 1 unspecified atom stereocenters. The van der Waals surface area contributed by atoms with E-state index in [4.69, 9.17) is 0 Å². The van der Waals surface area contributed by atoms with Gasteiger partial charge in [0, 0.05) is 56.3 Å². The lowest BCUT2D eigenvalue weighted by molar-refractivity contribution is -0.130. The van der Waals surface area contributed by atoms with E-state index < -0.39 is 0 Å². The van der Waals surface area contributed by atoms with Crippen molar-refractivity contribution in [2.45, 2.75) is 39.8 Å². The van der Waals surface area contributed by atoms with Gasteiger partial charge in [0.2, 0.25) is 5.91 Å². The molecule has 1 aliphatic rings. The second-order valence-electron chi connectivity index (χ2n) is 7.73. The highest BCUT2D eigenvalue weighted by atomic mass is 16.2. The van der Waals surface area contributed by atoms with Crippen LogP contribution < -0.4 is 0 Å². The Morgan fingerprint density at radius 3 is 2.75 bits per heavy atom. The minimum Gasteiger partial charge on any atom is -0.342 e. The number of hydrogen-bond donors (Lipinski definition) is 0. The van der Waals surface area contributed by atoms with Gasteiger partial charge in [0.25, 0.3) is 0 Å². The lowest BCUT2D eigenvalue weighted by atomic mass is 10.1. The van der Waals surface area contributed by atoms with E-state index in [0.29, 0.717) is 18.9 Å². The van der Waals surface area contributed by atoms with Crippen LogP contribution in [0.25, 0.3) is 11.4 Å². The molecule has 0 aliphatic carbocycles. The van der Waals surface area contributed by atoms with Crippen molar-refractivity contribution in [3.8, 4) is 11.4 Å². The summed E-state index contributed by atoms with van der Waals surface area (Å²) in [6.07, 6.45) is 7.29. The maximum Gasteiger partial charge on any atom is 0.224 e. The molecule has 6 heteroatoms. The zero-order valence-electron chi connectivity index (χ0n) is 16.6. The van der Waals surface area contributed by atoms with Crippen molar-refractivity contribution in [2.75, 3.05) is 13.1 Å². The molecule has 28 heavy (non-hydrogen) atoms. The van der Waals surface area contributed by atoms with Gasteiger partial charge in [-0.05, 0) is 31.7 Å². The fourth-order valence-electron chi connectivity index (χ4n) is 3.93. The van der Waals surface area contributed by atoms with E-state index in [2.05, 4.69) is 33.7 Å². The summed E-state index contributed by atoms with van der Waals surface area (Å²) in [6.45, 7) is 7.32. The first-order chi connectivity index (χ1) is 13.6. The van der Waals surface area contributed by atoms with Crippen LogP contribution in [0.5, 0.6) is 0 Å². The predicted octanol–water partition coefficient (Wildman–Crippen LogP) is 3.30. The van der Waals surface area contributed by atoms with Gasteiger partial charge in [-0.15, -0.1) is 0 Å². The molecular formula is C22H27N5O. The summed E-state index contributed by atoms with van der Waals surface area (Å²) < 4.78 is 4.14. The number of amides is 1. The van der Waals surface area contributed by atoms with Crippen LogP contribution in [0.3, 0.4) is 0 Å². The Hall–Kier alpha value is -2.89. The third-order valence-corrected chi connectivity index (χ3v) is 5.48. The van der Waals surface area contributed by atoms with Crippen molar-refractivity contribution in [3.05, 3.63) is 60.2 Å². The summed E-state index contributed by atoms with van der Waals surface area (Å²) >= 11 is 0. The van der Waals surface area contributed by atoms with Gasteiger partial charge < -0.3 is 9.47 Å². The fraction of sp³-hybridized carbons (Fsp3) is 0.409. The lowest BCUT2D eigenvalue weighted by Crippen LogP contribution is -2.30. The van der Waals surface area contributed by atoms with E-state index in [9.17, 15) is 4.79 Å². The molecule has 1 aliphatic heterocycles. The van der Waals surface area contributed by atoms with E-state index in [0.717, 1.165) is 48.7 Å². The van der Waals surface area contributed by atoms with Gasteiger partial charge in [0.05, 0.1) is 6.20 Å². The molecule has 4 rings (SSSR count). The molecule has 1 amide bonds. The summed E-state index contributed by atoms with van der Waals surface area (Å²) in [5, 5.41) is 4.26. The van der Waals surface area contributed by atoms with Crippen LogP contribution in [-0.2, 0) is 17.9 Å². The second kappa shape index (κ2) is 8.00. The topological polar surface area (TPSA) is 56.0 Å². The minimum atomic E-state index is 0.223. The van der Waals surface area contributed by atoms with Crippen LogP contribution in [0.15, 0.2) is 48.9 Å². The number of likely N-dealkylation sites (tertiary alicyclic amines) is 1. The van der Waals surface area contributed by atoms with Gasteiger partial charge in [0.1, 0.15) is 5.82 Å². The van der Waals surface area contributed by atoms with Gasteiger partial charge in [-0.1, -0.05) is 30.3 Å². The molecule has 6 nitrogen and oxygen atoms in total. The first-order valence-corrected chi connectivity index (χ1v) is 9.94. The smallest absolute Gasteiger partial charge is 0.224 e. The van der Waals surface area contributed by atoms with Gasteiger partial charge in [-0.25, -0.2) is 4.98 Å². The number of nitrogens with zero attached hydrogens (tertiary/aromatic N) is 5. The summed E-state index contributed by atoms with van der Waals surface area (Å²) in [5.74, 6) is 1.70. The van der Waals surface area contributed by atoms with Crippen molar-refractivity contribution in [1.82, 2.24) is 24.2 Å². The van der Waals surface area contributed by atoms with Crippen molar-refractivity contribution in [3.63, 3.8) is 0 Å². The number of carbonyl (C=O) groups is 1. The van der Waals surface area contributed by atoms with Crippen LogP contribution in [0.4, 0.5) is 0 Å². The van der Waals surface area contributed by atoms with Crippen LogP contribution in [-0.4, -0.2) is 43.2 Å². The molecule has 0 radical (unpaired) electrons. The zero-order chi connectivity index (χ0) is 19.5. The highest BCUT2D eigenvalue weighted by molar-refractivity contribution is 5.76. The average Bonchev–Trinajstić information content (AvgIpc) is 3.42. The number of hydrogen-bond acceptors (Lipinski definition) is 3. The Balaban J connectivity index is 1.36. The first kappa shape index (κ1) is 18.5. The number of aromatic nitrogens is 4. The second-order valence-corrected chi connectivity index (χ2v) is 7.73. The van der Waals surface area contributed by atoms with Gasteiger partial charge >= 0.3 is 0 Å². The van der Waals surface area contributed by atoms with Crippen molar-refractivity contribution in [1.29, 1.82) is 0 Å². The molecule has 0 N–H and O–H groups in total. The summed E-state index contributed by atoms with van der Waals surface area (Å²) in [5.41, 5.74) is 3.42. The maximum absolute atomic E-state index is 12.6. The maximum atomic E-state index is 12.6. The Morgan fingerprint density at radius 1 is 1.18 bits per heavy atom. The molecule has 1 atom stereocenters. The first-order valence-electron chi connectivity index (χ1n) is 9.94. The Morgan fingerprint density at radius 2 is 2.00 bits per heavy atom. The molecule has 1 fully saturated rings. The highest BCUT2D eigenvalue weighted by Crippen LogP contribution is 2.24. The number of aryl methyl sites for hydroxylation is 3. The monoisotopic (exact) mass is 377 g/mol. The van der Waals surface area contributed by atoms with E-state index >= 15 is 0 Å². The van der Waals surface area contributed by atoms with Crippen LogP contribution in [0.2, 0.25) is 0 Å². The summed E-state index contributed by atoms with van der Waals surface area (Å²) in [4.78, 5) is 19.2. The molecule has 0 bridgehead atoms. The zero-order valence-corrected chi connectivity index (χ0v) is 16.6.